The van der Waals surface area contributed by atoms with Gasteiger partial charge in [0.25, 0.3) is 0 Å². The minimum atomic E-state index is -0.360. The minimum absolute atomic E-state index is 0.211. The summed E-state index contributed by atoms with van der Waals surface area (Å²) in [5, 5.41) is 0.648. The van der Waals surface area contributed by atoms with Crippen molar-refractivity contribution in [2.75, 3.05) is 11.9 Å². The van der Waals surface area contributed by atoms with Crippen molar-refractivity contribution in [3.05, 3.63) is 71.8 Å². The largest absolute Gasteiger partial charge is 0.464 e. The van der Waals surface area contributed by atoms with E-state index in [4.69, 9.17) is 4.74 Å². The second kappa shape index (κ2) is 7.10. The molecule has 0 spiro atoms. The van der Waals surface area contributed by atoms with E-state index in [1.54, 1.807) is 0 Å². The molecular formula is C16H15BrO2. The van der Waals surface area contributed by atoms with Crippen LogP contribution in [0.15, 0.2) is 60.7 Å². The Morgan fingerprint density at radius 3 is 1.84 bits per heavy atom. The molecule has 0 fully saturated rings. The summed E-state index contributed by atoms with van der Waals surface area (Å²) in [5.41, 5.74) is 1.90. The Labute approximate surface area is 121 Å². The van der Waals surface area contributed by atoms with Crippen LogP contribution in [0.2, 0.25) is 0 Å². The predicted octanol–water partition coefficient (Wildman–Crippen LogP) is 3.76. The molecule has 0 bridgehead atoms. The van der Waals surface area contributed by atoms with Crippen LogP contribution in [0.1, 0.15) is 17.0 Å². The molecule has 0 aliphatic carbocycles. The third-order valence-electron chi connectivity index (χ3n) is 2.82. The molecule has 0 aliphatic rings. The lowest BCUT2D eigenvalue weighted by atomic mass is 9.91. The lowest BCUT2D eigenvalue weighted by molar-refractivity contribution is -0.143. The van der Waals surface area contributed by atoms with E-state index in [0.717, 1.165) is 11.1 Å². The number of hydrogen-bond donors (Lipinski definition) is 0. The van der Waals surface area contributed by atoms with Crippen molar-refractivity contribution in [3.63, 3.8) is 0 Å². The Bertz CT molecular complexity index is 471. The van der Waals surface area contributed by atoms with Crippen molar-refractivity contribution in [2.45, 2.75) is 5.92 Å². The molecule has 19 heavy (non-hydrogen) atoms. The van der Waals surface area contributed by atoms with Gasteiger partial charge in [-0.3, -0.25) is 4.79 Å². The zero-order valence-corrected chi connectivity index (χ0v) is 12.0. The Morgan fingerprint density at radius 2 is 1.42 bits per heavy atom. The van der Waals surface area contributed by atoms with Crippen LogP contribution < -0.4 is 0 Å². The Morgan fingerprint density at radius 1 is 0.947 bits per heavy atom. The van der Waals surface area contributed by atoms with E-state index in [2.05, 4.69) is 15.9 Å². The van der Waals surface area contributed by atoms with Gasteiger partial charge in [-0.1, -0.05) is 76.6 Å². The van der Waals surface area contributed by atoms with E-state index in [9.17, 15) is 4.79 Å². The summed E-state index contributed by atoms with van der Waals surface area (Å²) in [7, 11) is 0. The summed E-state index contributed by atoms with van der Waals surface area (Å²) in [5.74, 6) is -0.571. The van der Waals surface area contributed by atoms with E-state index >= 15 is 0 Å². The number of benzene rings is 2. The third-order valence-corrected chi connectivity index (χ3v) is 3.15. The fourth-order valence-electron chi connectivity index (χ4n) is 1.98. The van der Waals surface area contributed by atoms with Gasteiger partial charge in [-0.25, -0.2) is 0 Å². The van der Waals surface area contributed by atoms with Crippen molar-refractivity contribution >= 4 is 21.9 Å². The van der Waals surface area contributed by atoms with E-state index < -0.39 is 0 Å². The van der Waals surface area contributed by atoms with Crippen LogP contribution in [0.25, 0.3) is 0 Å². The highest BCUT2D eigenvalue weighted by molar-refractivity contribution is 9.09. The fourth-order valence-corrected chi connectivity index (χ4v) is 2.14. The second-order valence-corrected chi connectivity index (χ2v) is 4.90. The van der Waals surface area contributed by atoms with Gasteiger partial charge in [-0.2, -0.15) is 0 Å². The first kappa shape index (κ1) is 13.8. The van der Waals surface area contributed by atoms with E-state index in [0.29, 0.717) is 11.9 Å². The number of carbonyl (C=O) groups is 1. The van der Waals surface area contributed by atoms with Gasteiger partial charge in [0.15, 0.2) is 0 Å². The molecule has 0 aliphatic heterocycles. The number of alkyl halides is 1. The number of carbonyl (C=O) groups excluding carboxylic acids is 1. The van der Waals surface area contributed by atoms with Crippen LogP contribution >= 0.6 is 15.9 Å². The first-order chi connectivity index (χ1) is 9.33. The first-order valence-electron chi connectivity index (χ1n) is 6.15. The molecule has 0 amide bonds. The highest BCUT2D eigenvalue weighted by Gasteiger charge is 2.23. The van der Waals surface area contributed by atoms with Gasteiger partial charge in [-0.15, -0.1) is 0 Å². The molecule has 0 aromatic heterocycles. The average molecular weight is 319 g/mol. The molecule has 0 N–H and O–H groups in total. The van der Waals surface area contributed by atoms with Gasteiger partial charge in [-0.05, 0) is 11.1 Å². The molecule has 2 rings (SSSR count). The zero-order chi connectivity index (χ0) is 13.5. The van der Waals surface area contributed by atoms with Crippen molar-refractivity contribution in [3.8, 4) is 0 Å². The maximum Gasteiger partial charge on any atom is 0.317 e. The highest BCUT2D eigenvalue weighted by Crippen LogP contribution is 2.25. The minimum Gasteiger partial charge on any atom is -0.464 e. The summed E-state index contributed by atoms with van der Waals surface area (Å²) in [6, 6.07) is 19.4. The van der Waals surface area contributed by atoms with Crippen molar-refractivity contribution in [2.24, 2.45) is 0 Å². The van der Waals surface area contributed by atoms with Gasteiger partial charge in [0.05, 0.1) is 0 Å². The molecule has 2 aromatic carbocycles. The van der Waals surface area contributed by atoms with E-state index in [1.165, 1.54) is 0 Å². The van der Waals surface area contributed by atoms with E-state index in [1.807, 2.05) is 60.7 Å². The summed E-state index contributed by atoms with van der Waals surface area (Å²) in [6.07, 6.45) is 0. The number of ether oxygens (including phenoxy) is 1. The SMILES string of the molecule is O=C(OCCBr)C(c1ccccc1)c1ccccc1. The molecular weight excluding hydrogens is 304 g/mol. The summed E-state index contributed by atoms with van der Waals surface area (Å²) < 4.78 is 5.28. The number of esters is 1. The van der Waals surface area contributed by atoms with Crippen molar-refractivity contribution < 1.29 is 9.53 Å². The van der Waals surface area contributed by atoms with Crippen LogP contribution in [0.5, 0.6) is 0 Å². The normalized spacial score (nSPS) is 10.4. The summed E-state index contributed by atoms with van der Waals surface area (Å²) >= 11 is 3.26. The van der Waals surface area contributed by atoms with Gasteiger partial charge < -0.3 is 4.74 Å². The van der Waals surface area contributed by atoms with E-state index in [-0.39, 0.29) is 11.9 Å². The number of halogens is 1. The van der Waals surface area contributed by atoms with Crippen LogP contribution in [0, 0.1) is 0 Å². The van der Waals surface area contributed by atoms with Gasteiger partial charge in [0.2, 0.25) is 0 Å². The molecule has 0 heterocycles. The first-order valence-corrected chi connectivity index (χ1v) is 7.27. The van der Waals surface area contributed by atoms with Crippen LogP contribution in [-0.4, -0.2) is 17.9 Å². The molecule has 2 aromatic rings. The lowest BCUT2D eigenvalue weighted by Crippen LogP contribution is -2.18. The van der Waals surface area contributed by atoms with Crippen LogP contribution in [0.4, 0.5) is 0 Å². The van der Waals surface area contributed by atoms with Crippen LogP contribution in [0.3, 0.4) is 0 Å². The quantitative estimate of drug-likeness (QED) is 0.620. The van der Waals surface area contributed by atoms with Gasteiger partial charge in [0, 0.05) is 5.33 Å². The Hall–Kier alpha value is -1.61. The van der Waals surface area contributed by atoms with Crippen molar-refractivity contribution in [1.82, 2.24) is 0 Å². The zero-order valence-electron chi connectivity index (χ0n) is 10.5. The second-order valence-electron chi connectivity index (χ2n) is 4.11. The van der Waals surface area contributed by atoms with Crippen LogP contribution in [-0.2, 0) is 9.53 Å². The maximum atomic E-state index is 12.3. The molecule has 0 radical (unpaired) electrons. The highest BCUT2D eigenvalue weighted by atomic mass is 79.9. The molecule has 0 saturated heterocycles. The topological polar surface area (TPSA) is 26.3 Å². The Balaban J connectivity index is 2.31. The maximum absolute atomic E-state index is 12.3. The average Bonchev–Trinajstić information content (AvgIpc) is 2.47. The molecule has 2 nitrogen and oxygen atoms in total. The lowest BCUT2D eigenvalue weighted by Gasteiger charge is -2.16. The molecule has 0 saturated carbocycles. The standard InChI is InChI=1S/C16H15BrO2/c17-11-12-19-16(18)15(13-7-3-1-4-8-13)14-9-5-2-6-10-14/h1-10,15H,11-12H2. The third kappa shape index (κ3) is 3.67. The number of hydrogen-bond acceptors (Lipinski definition) is 2. The monoisotopic (exact) mass is 318 g/mol. The Kier molecular flexibility index (Phi) is 5.16. The van der Waals surface area contributed by atoms with Crippen molar-refractivity contribution in [1.29, 1.82) is 0 Å². The molecule has 3 heteroatoms. The number of rotatable bonds is 5. The van der Waals surface area contributed by atoms with Gasteiger partial charge in [0.1, 0.15) is 12.5 Å². The molecule has 0 atom stereocenters. The van der Waals surface area contributed by atoms with Gasteiger partial charge >= 0.3 is 5.97 Å². The molecule has 98 valence electrons. The summed E-state index contributed by atoms with van der Waals surface area (Å²) in [4.78, 5) is 12.3. The predicted molar refractivity (Wildman–Crippen MR) is 79.5 cm³/mol. The molecule has 0 unspecified atom stereocenters. The summed E-state index contributed by atoms with van der Waals surface area (Å²) in [6.45, 7) is 0.384. The fraction of sp³-hybridized carbons (Fsp3) is 0.188. The smallest absolute Gasteiger partial charge is 0.317 e.